The van der Waals surface area contributed by atoms with E-state index < -0.39 is 11.9 Å². The SMILES string of the molecule is COc1ccc(CCNC2CC3CCC2C3)cc1OC.O=C(O)C(=O)O. The highest BCUT2D eigenvalue weighted by Gasteiger charge is 2.38. The van der Waals surface area contributed by atoms with Gasteiger partial charge in [0.25, 0.3) is 0 Å². The van der Waals surface area contributed by atoms with Crippen LogP contribution in [-0.2, 0) is 16.0 Å². The molecule has 0 spiro atoms. The van der Waals surface area contributed by atoms with Crippen LogP contribution < -0.4 is 14.8 Å². The minimum absolute atomic E-state index is 0.772. The number of hydrogen-bond donors (Lipinski definition) is 3. The van der Waals surface area contributed by atoms with E-state index in [2.05, 4.69) is 17.4 Å². The fraction of sp³-hybridized carbons (Fsp3) is 0.579. The molecule has 2 bridgehead atoms. The largest absolute Gasteiger partial charge is 0.493 e. The molecule has 2 saturated carbocycles. The number of carbonyl (C=O) groups is 2. The second-order valence-corrected chi connectivity index (χ2v) is 6.79. The van der Waals surface area contributed by atoms with Crippen LogP contribution in [0.5, 0.6) is 11.5 Å². The second kappa shape index (κ2) is 9.43. The van der Waals surface area contributed by atoms with Gasteiger partial charge in [0.2, 0.25) is 0 Å². The van der Waals surface area contributed by atoms with Gasteiger partial charge in [-0.15, -0.1) is 0 Å². The predicted molar refractivity (Wildman–Crippen MR) is 95.8 cm³/mol. The van der Waals surface area contributed by atoms with Crippen LogP contribution in [0.25, 0.3) is 0 Å². The van der Waals surface area contributed by atoms with E-state index in [0.29, 0.717) is 0 Å². The van der Waals surface area contributed by atoms with Crippen molar-refractivity contribution in [2.75, 3.05) is 20.8 Å². The minimum Gasteiger partial charge on any atom is -0.493 e. The highest BCUT2D eigenvalue weighted by molar-refractivity contribution is 6.27. The van der Waals surface area contributed by atoms with Crippen LogP contribution in [0.3, 0.4) is 0 Å². The van der Waals surface area contributed by atoms with Crippen molar-refractivity contribution in [1.29, 1.82) is 0 Å². The molecule has 7 heteroatoms. The molecule has 2 aliphatic carbocycles. The van der Waals surface area contributed by atoms with Crippen molar-refractivity contribution in [1.82, 2.24) is 5.32 Å². The van der Waals surface area contributed by atoms with Gasteiger partial charge in [0, 0.05) is 6.04 Å². The number of fused-ring (bicyclic) bond motifs is 2. The molecule has 26 heavy (non-hydrogen) atoms. The minimum atomic E-state index is -1.82. The Morgan fingerprint density at radius 2 is 1.77 bits per heavy atom. The highest BCUT2D eigenvalue weighted by atomic mass is 16.5. The van der Waals surface area contributed by atoms with E-state index in [1.165, 1.54) is 31.2 Å². The van der Waals surface area contributed by atoms with Crippen LogP contribution >= 0.6 is 0 Å². The van der Waals surface area contributed by atoms with Crippen molar-refractivity contribution >= 4 is 11.9 Å². The highest BCUT2D eigenvalue weighted by Crippen LogP contribution is 2.44. The summed E-state index contributed by atoms with van der Waals surface area (Å²) in [6.45, 7) is 1.06. The summed E-state index contributed by atoms with van der Waals surface area (Å²) in [6, 6.07) is 6.98. The van der Waals surface area contributed by atoms with Gasteiger partial charge >= 0.3 is 11.9 Å². The lowest BCUT2D eigenvalue weighted by atomic mass is 9.95. The van der Waals surface area contributed by atoms with Gasteiger partial charge in [0.05, 0.1) is 14.2 Å². The summed E-state index contributed by atoms with van der Waals surface area (Å²) in [5.74, 6) is -0.0591. The molecule has 0 aliphatic heterocycles. The van der Waals surface area contributed by atoms with Gasteiger partial charge in [-0.25, -0.2) is 9.59 Å². The molecule has 2 aliphatic rings. The molecule has 1 aromatic carbocycles. The number of ether oxygens (including phenoxy) is 2. The predicted octanol–water partition coefficient (Wildman–Crippen LogP) is 2.18. The molecule has 3 atom stereocenters. The Balaban J connectivity index is 0.000000352. The van der Waals surface area contributed by atoms with E-state index in [1.54, 1.807) is 14.2 Å². The first-order valence-corrected chi connectivity index (χ1v) is 8.85. The molecule has 0 amide bonds. The van der Waals surface area contributed by atoms with Crippen LogP contribution in [0.15, 0.2) is 18.2 Å². The smallest absolute Gasteiger partial charge is 0.414 e. The molecule has 0 radical (unpaired) electrons. The zero-order valence-electron chi connectivity index (χ0n) is 15.2. The van der Waals surface area contributed by atoms with Crippen LogP contribution in [0.2, 0.25) is 0 Å². The monoisotopic (exact) mass is 365 g/mol. The fourth-order valence-corrected chi connectivity index (χ4v) is 3.93. The van der Waals surface area contributed by atoms with Crippen molar-refractivity contribution in [3.05, 3.63) is 23.8 Å². The maximum Gasteiger partial charge on any atom is 0.414 e. The molecule has 0 heterocycles. The number of methoxy groups -OCH3 is 2. The maximum absolute atomic E-state index is 9.10. The molecule has 2 fully saturated rings. The van der Waals surface area contributed by atoms with Crippen LogP contribution in [-0.4, -0.2) is 49.0 Å². The Morgan fingerprint density at radius 1 is 1.08 bits per heavy atom. The summed E-state index contributed by atoms with van der Waals surface area (Å²) >= 11 is 0. The first kappa shape index (κ1) is 20.0. The summed E-state index contributed by atoms with van der Waals surface area (Å²) in [4.78, 5) is 18.2. The van der Waals surface area contributed by atoms with Crippen LogP contribution in [0.4, 0.5) is 0 Å². The van der Waals surface area contributed by atoms with E-state index >= 15 is 0 Å². The lowest BCUT2D eigenvalue weighted by molar-refractivity contribution is -0.159. The number of hydrogen-bond acceptors (Lipinski definition) is 5. The molecule has 1 aromatic rings. The molecule has 144 valence electrons. The quantitative estimate of drug-likeness (QED) is 0.664. The standard InChI is InChI=1S/C17H25NO2.C2H2O4/c1-19-16-6-4-12(11-17(16)20-2)7-8-18-15-10-13-3-5-14(15)9-13;3-1(4)2(5)6/h4,6,11,13-15,18H,3,5,7-10H2,1-2H3;(H,3,4)(H,5,6). The average Bonchev–Trinajstić information content (AvgIpc) is 3.25. The Morgan fingerprint density at radius 3 is 2.27 bits per heavy atom. The third kappa shape index (κ3) is 5.36. The zero-order valence-corrected chi connectivity index (χ0v) is 15.2. The average molecular weight is 365 g/mol. The molecule has 3 rings (SSSR count). The molecule has 3 unspecified atom stereocenters. The Bertz CT molecular complexity index is 620. The van der Waals surface area contributed by atoms with Gasteiger partial charge in [0.15, 0.2) is 11.5 Å². The Hall–Kier alpha value is -2.28. The summed E-state index contributed by atoms with van der Waals surface area (Å²) < 4.78 is 10.6. The number of nitrogens with one attached hydrogen (secondary N) is 1. The molecular weight excluding hydrogens is 338 g/mol. The number of carboxylic acids is 2. The first-order valence-electron chi connectivity index (χ1n) is 8.85. The van der Waals surface area contributed by atoms with Gasteiger partial charge in [-0.2, -0.15) is 0 Å². The van der Waals surface area contributed by atoms with E-state index in [-0.39, 0.29) is 0 Å². The van der Waals surface area contributed by atoms with E-state index in [0.717, 1.165) is 42.3 Å². The lowest BCUT2D eigenvalue weighted by Gasteiger charge is -2.23. The fourth-order valence-electron chi connectivity index (χ4n) is 3.93. The van der Waals surface area contributed by atoms with Crippen molar-refractivity contribution < 1.29 is 29.3 Å². The molecule has 3 N–H and O–H groups in total. The number of rotatable bonds is 6. The Kier molecular flexibility index (Phi) is 7.26. The van der Waals surface area contributed by atoms with Gasteiger partial charge in [-0.1, -0.05) is 12.5 Å². The third-order valence-corrected chi connectivity index (χ3v) is 5.19. The van der Waals surface area contributed by atoms with Gasteiger partial charge in [0.1, 0.15) is 0 Å². The van der Waals surface area contributed by atoms with Gasteiger partial charge in [-0.3, -0.25) is 0 Å². The van der Waals surface area contributed by atoms with Crippen LogP contribution in [0.1, 0.15) is 31.2 Å². The summed E-state index contributed by atoms with van der Waals surface area (Å²) in [5.41, 5.74) is 1.30. The molecule has 7 nitrogen and oxygen atoms in total. The second-order valence-electron chi connectivity index (χ2n) is 6.79. The van der Waals surface area contributed by atoms with E-state index in [4.69, 9.17) is 29.3 Å². The molecule has 0 saturated heterocycles. The zero-order chi connectivity index (χ0) is 19.1. The van der Waals surface area contributed by atoms with Crippen molar-refractivity contribution in [2.24, 2.45) is 11.8 Å². The Labute approximate surface area is 153 Å². The summed E-state index contributed by atoms with van der Waals surface area (Å²) in [6.07, 6.45) is 6.83. The van der Waals surface area contributed by atoms with E-state index in [1.807, 2.05) is 6.07 Å². The molecule has 0 aromatic heterocycles. The third-order valence-electron chi connectivity index (χ3n) is 5.19. The topological polar surface area (TPSA) is 105 Å². The number of benzene rings is 1. The van der Waals surface area contributed by atoms with Crippen LogP contribution in [0, 0.1) is 11.8 Å². The van der Waals surface area contributed by atoms with Crippen molar-refractivity contribution in [3.63, 3.8) is 0 Å². The normalized spacial score (nSPS) is 23.1. The first-order chi connectivity index (χ1) is 12.4. The van der Waals surface area contributed by atoms with Crippen molar-refractivity contribution in [2.45, 2.75) is 38.1 Å². The molecular formula is C19H27NO6. The van der Waals surface area contributed by atoms with E-state index in [9.17, 15) is 0 Å². The summed E-state index contributed by atoms with van der Waals surface area (Å²) in [7, 11) is 3.36. The maximum atomic E-state index is 9.10. The lowest BCUT2D eigenvalue weighted by Crippen LogP contribution is -2.35. The number of carboxylic acid groups (broad SMARTS) is 2. The van der Waals surface area contributed by atoms with Gasteiger partial charge in [-0.05, 0) is 61.8 Å². The van der Waals surface area contributed by atoms with Crippen molar-refractivity contribution in [3.8, 4) is 11.5 Å². The van der Waals surface area contributed by atoms with Gasteiger partial charge < -0.3 is 25.0 Å². The summed E-state index contributed by atoms with van der Waals surface area (Å²) in [5, 5.41) is 18.5. The number of aliphatic carboxylic acids is 2.